The van der Waals surface area contributed by atoms with Crippen LogP contribution in [0.2, 0.25) is 0 Å². The number of phosphoric acid groups is 2. The molecular weight excluding hydrogens is 1380 g/mol. The molecule has 0 aliphatic rings. The average Bonchev–Trinajstić information content (AvgIpc) is 0.906. The lowest BCUT2D eigenvalue weighted by Crippen LogP contribution is -2.30. The molecule has 630 valence electrons. The summed E-state index contributed by atoms with van der Waals surface area (Å²) >= 11 is 0. The molecule has 0 aliphatic carbocycles. The van der Waals surface area contributed by atoms with Crippen molar-refractivity contribution in [3.63, 3.8) is 0 Å². The Morgan fingerprint density at radius 2 is 0.453 bits per heavy atom. The lowest BCUT2D eigenvalue weighted by molar-refractivity contribution is -0.161. The van der Waals surface area contributed by atoms with E-state index in [0.29, 0.717) is 25.7 Å². The van der Waals surface area contributed by atoms with E-state index in [2.05, 4.69) is 34.6 Å². The third-order valence-corrected chi connectivity index (χ3v) is 22.8. The van der Waals surface area contributed by atoms with E-state index in [1.807, 2.05) is 0 Å². The van der Waals surface area contributed by atoms with Crippen LogP contribution < -0.4 is 0 Å². The van der Waals surface area contributed by atoms with Gasteiger partial charge in [0, 0.05) is 25.7 Å². The molecule has 0 bridgehead atoms. The maximum Gasteiger partial charge on any atom is 0.472 e. The van der Waals surface area contributed by atoms with E-state index in [9.17, 15) is 43.2 Å². The number of hydrogen-bond acceptors (Lipinski definition) is 15. The summed E-state index contributed by atoms with van der Waals surface area (Å²) in [5.74, 6) is -1.24. The van der Waals surface area contributed by atoms with Crippen LogP contribution >= 0.6 is 15.6 Å². The number of carbonyl (C=O) groups excluding carboxylic acids is 4. The molecule has 0 aromatic carbocycles. The fraction of sp³-hybridized carbons (Fsp3) is 0.954. The molecule has 0 radical (unpaired) electrons. The van der Waals surface area contributed by atoms with Gasteiger partial charge in [0.1, 0.15) is 19.3 Å². The normalized spacial score (nSPS) is 14.0. The Balaban J connectivity index is 5.09. The number of phosphoric ester groups is 2. The Bertz CT molecular complexity index is 2020. The van der Waals surface area contributed by atoms with Crippen LogP contribution in [0.4, 0.5) is 0 Å². The van der Waals surface area contributed by atoms with E-state index in [-0.39, 0.29) is 25.7 Å². The lowest BCUT2D eigenvalue weighted by Gasteiger charge is -2.21. The van der Waals surface area contributed by atoms with E-state index in [0.717, 1.165) is 102 Å². The smallest absolute Gasteiger partial charge is 0.462 e. The first kappa shape index (κ1) is 104. The van der Waals surface area contributed by atoms with E-state index >= 15 is 0 Å². The summed E-state index contributed by atoms with van der Waals surface area (Å²) in [7, 11) is -9.92. The average molecular weight is 1550 g/mol. The number of carbonyl (C=O) groups is 4. The third kappa shape index (κ3) is 78.7. The molecule has 3 N–H and O–H groups in total. The highest BCUT2D eigenvalue weighted by atomic mass is 31.2. The summed E-state index contributed by atoms with van der Waals surface area (Å²) in [4.78, 5) is 72.9. The second-order valence-corrected chi connectivity index (χ2v) is 34.4. The first-order valence-electron chi connectivity index (χ1n) is 45.2. The van der Waals surface area contributed by atoms with Gasteiger partial charge in [0.15, 0.2) is 12.2 Å². The maximum absolute atomic E-state index is 13.1. The molecule has 0 fully saturated rings. The van der Waals surface area contributed by atoms with Crippen molar-refractivity contribution in [2.24, 2.45) is 5.92 Å². The zero-order valence-electron chi connectivity index (χ0n) is 69.6. The monoisotopic (exact) mass is 1550 g/mol. The van der Waals surface area contributed by atoms with Crippen molar-refractivity contribution in [3.05, 3.63) is 0 Å². The van der Waals surface area contributed by atoms with Crippen LogP contribution in [0.25, 0.3) is 0 Å². The number of unbranched alkanes of at least 4 members (excludes halogenated alkanes) is 58. The van der Waals surface area contributed by atoms with Crippen LogP contribution in [-0.4, -0.2) is 96.7 Å². The molecule has 19 heteroatoms. The standard InChI is InChI=1S/C87H170O17P2/c1-6-10-13-16-18-20-22-24-26-28-30-32-36-40-44-48-52-56-61-66-71-85(90)98-77-83(104-87(92)73-68-63-58-54-50-46-42-38-34-33-35-39-43-47-51-55-60-64-69-80(5)9-4)79-102-106(95,96)100-75-81(88)74-99-105(93,94)101-78-82(76-97-84(89)70-65-59-15-12-8-3)103-86(91)72-67-62-57-53-49-45-41-37-31-29-27-25-23-21-19-17-14-11-7-2/h80-83,88H,6-79H2,1-5H3,(H,93,94)(H,95,96)/t80?,81-,82+,83+/m0/s1. The molecule has 0 saturated heterocycles. The van der Waals surface area contributed by atoms with Gasteiger partial charge in [-0.2, -0.15) is 0 Å². The number of esters is 4. The predicted octanol–water partition coefficient (Wildman–Crippen LogP) is 26.8. The SMILES string of the molecule is CCCCCCCCCCCCCCCCCCCCCCC(=O)OC[C@H](COP(=O)(O)OC[C@@H](O)COP(=O)(O)OC[C@@H](COC(=O)CCCCCCC)OC(=O)CCCCCCCCCCCCCCCCCCCCC)OC(=O)CCCCCCCCCCCCCCCCCCCCC(C)CC. The van der Waals surface area contributed by atoms with Gasteiger partial charge in [-0.25, -0.2) is 9.13 Å². The van der Waals surface area contributed by atoms with E-state index in [1.54, 1.807) is 0 Å². The number of aliphatic hydroxyl groups excluding tert-OH is 1. The van der Waals surface area contributed by atoms with Crippen LogP contribution in [0.15, 0.2) is 0 Å². The number of ether oxygens (including phenoxy) is 4. The predicted molar refractivity (Wildman–Crippen MR) is 437 cm³/mol. The quantitative estimate of drug-likeness (QED) is 0.0222. The Labute approximate surface area is 651 Å². The van der Waals surface area contributed by atoms with Crippen molar-refractivity contribution < 1.29 is 80.2 Å². The van der Waals surface area contributed by atoms with Gasteiger partial charge >= 0.3 is 39.5 Å². The largest absolute Gasteiger partial charge is 0.472 e. The van der Waals surface area contributed by atoms with Crippen LogP contribution in [0.3, 0.4) is 0 Å². The molecule has 6 atom stereocenters. The molecule has 0 amide bonds. The molecule has 0 spiro atoms. The molecule has 0 aliphatic heterocycles. The highest BCUT2D eigenvalue weighted by Crippen LogP contribution is 2.45. The summed E-state index contributed by atoms with van der Waals surface area (Å²) < 4.78 is 68.7. The van der Waals surface area contributed by atoms with Crippen molar-refractivity contribution in [2.75, 3.05) is 39.6 Å². The summed E-state index contributed by atoms with van der Waals surface area (Å²) in [5, 5.41) is 10.6. The first-order chi connectivity index (χ1) is 51.6. The van der Waals surface area contributed by atoms with Gasteiger partial charge in [-0.1, -0.05) is 420 Å². The molecular formula is C87H170O17P2. The topological polar surface area (TPSA) is 237 Å². The van der Waals surface area contributed by atoms with E-state index in [4.69, 9.17) is 37.0 Å². The minimum atomic E-state index is -4.96. The number of hydrogen-bond donors (Lipinski definition) is 3. The molecule has 3 unspecified atom stereocenters. The second kappa shape index (κ2) is 79.7. The fourth-order valence-corrected chi connectivity index (χ4v) is 15.2. The van der Waals surface area contributed by atoms with E-state index in [1.165, 1.54) is 289 Å². The van der Waals surface area contributed by atoms with Crippen molar-refractivity contribution in [1.82, 2.24) is 0 Å². The van der Waals surface area contributed by atoms with Gasteiger partial charge in [-0.05, 0) is 31.6 Å². The second-order valence-electron chi connectivity index (χ2n) is 31.5. The van der Waals surface area contributed by atoms with Crippen LogP contribution in [0, 0.1) is 5.92 Å². The zero-order chi connectivity index (χ0) is 77.6. The number of aliphatic hydroxyl groups is 1. The maximum atomic E-state index is 13.1. The molecule has 0 saturated carbocycles. The molecule has 0 rings (SSSR count). The van der Waals surface area contributed by atoms with Gasteiger partial charge in [-0.15, -0.1) is 0 Å². The van der Waals surface area contributed by atoms with Gasteiger partial charge in [0.05, 0.1) is 26.4 Å². The molecule has 0 heterocycles. The van der Waals surface area contributed by atoms with Crippen molar-refractivity contribution in [2.45, 2.75) is 490 Å². The van der Waals surface area contributed by atoms with Crippen molar-refractivity contribution in [3.8, 4) is 0 Å². The molecule has 0 aromatic rings. The molecule has 17 nitrogen and oxygen atoms in total. The molecule has 0 aromatic heterocycles. The highest BCUT2D eigenvalue weighted by molar-refractivity contribution is 7.47. The highest BCUT2D eigenvalue weighted by Gasteiger charge is 2.30. The Morgan fingerprint density at radius 1 is 0.264 bits per heavy atom. The Hall–Kier alpha value is -1.94. The van der Waals surface area contributed by atoms with Gasteiger partial charge in [0.2, 0.25) is 0 Å². The lowest BCUT2D eigenvalue weighted by atomic mass is 9.99. The van der Waals surface area contributed by atoms with Gasteiger partial charge in [0.25, 0.3) is 0 Å². The third-order valence-electron chi connectivity index (χ3n) is 20.9. The van der Waals surface area contributed by atoms with Crippen LogP contribution in [-0.2, 0) is 65.4 Å². The minimum absolute atomic E-state index is 0.108. The summed E-state index contributed by atoms with van der Waals surface area (Å²) in [6.07, 6.45) is 74.2. The van der Waals surface area contributed by atoms with Gasteiger partial charge < -0.3 is 33.8 Å². The van der Waals surface area contributed by atoms with Gasteiger partial charge in [-0.3, -0.25) is 37.3 Å². The fourth-order valence-electron chi connectivity index (χ4n) is 13.6. The first-order valence-corrected chi connectivity index (χ1v) is 48.2. The molecule has 106 heavy (non-hydrogen) atoms. The Kier molecular flexibility index (Phi) is 78.2. The minimum Gasteiger partial charge on any atom is -0.462 e. The Morgan fingerprint density at radius 3 is 0.670 bits per heavy atom. The van der Waals surface area contributed by atoms with Crippen molar-refractivity contribution >= 4 is 39.5 Å². The van der Waals surface area contributed by atoms with Crippen LogP contribution in [0.5, 0.6) is 0 Å². The zero-order valence-corrected chi connectivity index (χ0v) is 71.4. The summed E-state index contributed by atoms with van der Waals surface area (Å²) in [6, 6.07) is 0. The van der Waals surface area contributed by atoms with Crippen LogP contribution in [0.1, 0.15) is 471 Å². The van der Waals surface area contributed by atoms with E-state index < -0.39 is 97.5 Å². The summed E-state index contributed by atoms with van der Waals surface area (Å²) in [6.45, 7) is 7.34. The summed E-state index contributed by atoms with van der Waals surface area (Å²) in [5.41, 5.74) is 0. The van der Waals surface area contributed by atoms with Crippen molar-refractivity contribution in [1.29, 1.82) is 0 Å². The number of rotatable bonds is 87.